The third kappa shape index (κ3) is 33.0. The van der Waals surface area contributed by atoms with Crippen molar-refractivity contribution in [2.45, 2.75) is 356 Å². The molecule has 17 atom stereocenters. The lowest BCUT2D eigenvalue weighted by Crippen LogP contribution is -2.66. The molecule has 3 heterocycles. The van der Waals surface area contributed by atoms with E-state index in [0.717, 1.165) is 44.9 Å². The van der Waals surface area contributed by atoms with Gasteiger partial charge in [-0.05, 0) is 70.6 Å². The highest BCUT2D eigenvalue weighted by atomic mass is 16.8. The quantitative estimate of drug-likeness (QED) is 0.0200. The first kappa shape index (κ1) is 80.0. The van der Waals surface area contributed by atoms with Crippen LogP contribution in [0.1, 0.15) is 251 Å². The fraction of sp³-hybridized carbons (Fsp3) is 0.870. The Morgan fingerprint density at radius 1 is 0.398 bits per heavy atom. The van der Waals surface area contributed by atoms with Gasteiger partial charge < -0.3 is 89.9 Å². The van der Waals surface area contributed by atoms with Crippen molar-refractivity contribution in [2.24, 2.45) is 0 Å². The average molecular weight is 1260 g/mol. The van der Waals surface area contributed by atoms with Crippen LogP contribution >= 0.6 is 0 Å². The van der Waals surface area contributed by atoms with Crippen molar-refractivity contribution >= 4 is 5.91 Å². The molecule has 0 spiro atoms. The summed E-state index contributed by atoms with van der Waals surface area (Å²) in [5.74, 6) is -0.288. The topological polar surface area (TPSA) is 307 Å². The summed E-state index contributed by atoms with van der Waals surface area (Å²) >= 11 is 0. The number of hydrogen-bond acceptors (Lipinski definition) is 18. The number of nitrogens with one attached hydrogen (secondary N) is 1. The third-order valence-electron chi connectivity index (χ3n) is 17.3. The van der Waals surface area contributed by atoms with E-state index in [1.54, 1.807) is 6.08 Å². The van der Waals surface area contributed by atoms with Crippen LogP contribution in [-0.2, 0) is 33.2 Å². The Bertz CT molecular complexity index is 1790. The third-order valence-corrected chi connectivity index (χ3v) is 17.3. The van der Waals surface area contributed by atoms with Crippen molar-refractivity contribution in [1.82, 2.24) is 5.32 Å². The molecule has 19 heteroatoms. The standard InChI is InChI=1S/C69H125NO18/c1-3-5-7-9-11-13-15-17-19-20-21-22-23-24-25-26-27-28-29-30-31-32-33-35-37-39-41-43-45-47-57(75)70-52(53(74)46-44-42-40-38-36-34-18-16-14-12-10-8-6-4-2)51-83-67-63(81)60(78)65(55(49-72)85-67)88-69-64(82)61(79)66(56(50-73)86-69)87-68-62(80)59(77)58(76)54(48-71)84-68/h14,16,20-21,36,38,44,46,52-56,58-69,71-74,76-82H,3-13,15,17-19,22-35,37,39-43,45,47-51H2,1-2H3,(H,70,75)/b16-14+,21-20-,38-36+,46-44+. The van der Waals surface area contributed by atoms with Gasteiger partial charge in [0.2, 0.25) is 5.91 Å². The molecule has 3 aliphatic heterocycles. The lowest BCUT2D eigenvalue weighted by atomic mass is 9.96. The van der Waals surface area contributed by atoms with Crippen molar-refractivity contribution in [2.75, 3.05) is 26.4 Å². The van der Waals surface area contributed by atoms with Crippen LogP contribution in [0.15, 0.2) is 48.6 Å². The van der Waals surface area contributed by atoms with Gasteiger partial charge in [-0.15, -0.1) is 0 Å². The molecule has 0 aromatic carbocycles. The van der Waals surface area contributed by atoms with Crippen LogP contribution in [0.25, 0.3) is 0 Å². The first-order chi connectivity index (χ1) is 42.8. The first-order valence-electron chi connectivity index (χ1n) is 34.9. The number of ether oxygens (including phenoxy) is 6. The molecule has 3 aliphatic rings. The van der Waals surface area contributed by atoms with Gasteiger partial charge in [-0.2, -0.15) is 0 Å². The number of amides is 1. The maximum Gasteiger partial charge on any atom is 0.220 e. The average Bonchev–Trinajstić information content (AvgIpc) is 2.58. The van der Waals surface area contributed by atoms with Gasteiger partial charge in [0.05, 0.1) is 38.6 Å². The number of carbonyl (C=O) groups excluding carboxylic acids is 1. The highest BCUT2D eigenvalue weighted by molar-refractivity contribution is 5.76. The minimum atomic E-state index is -1.98. The molecule has 3 saturated heterocycles. The van der Waals surface area contributed by atoms with Crippen LogP contribution in [-0.4, -0.2) is 193 Å². The largest absolute Gasteiger partial charge is 0.394 e. The number of rotatable bonds is 53. The van der Waals surface area contributed by atoms with Gasteiger partial charge in [0.1, 0.15) is 73.2 Å². The predicted molar refractivity (Wildman–Crippen MR) is 342 cm³/mol. The van der Waals surface area contributed by atoms with Gasteiger partial charge in [0.15, 0.2) is 18.9 Å². The molecule has 0 bridgehead atoms. The van der Waals surface area contributed by atoms with E-state index >= 15 is 0 Å². The normalized spacial score (nSPS) is 28.7. The summed E-state index contributed by atoms with van der Waals surface area (Å²) in [5.41, 5.74) is 0. The molecule has 0 saturated carbocycles. The Morgan fingerprint density at radius 2 is 0.727 bits per heavy atom. The van der Waals surface area contributed by atoms with Crippen LogP contribution < -0.4 is 5.32 Å². The van der Waals surface area contributed by atoms with Crippen LogP contribution in [0.5, 0.6) is 0 Å². The SMILES string of the molecule is CCCCCC/C=C/CC/C=C/CC/C=C/C(O)C(COC1OC(CO)C(OC2OC(CO)C(OC3OC(CO)C(O)C(O)C3O)C(O)C2O)C(O)C1O)NC(=O)CCCCCCCCCCCCCCCCCCC/C=C\CCCCCCCCCC. The van der Waals surface area contributed by atoms with Crippen LogP contribution in [0.3, 0.4) is 0 Å². The molecule has 0 radical (unpaired) electrons. The van der Waals surface area contributed by atoms with E-state index in [2.05, 4.69) is 55.6 Å². The fourth-order valence-corrected chi connectivity index (χ4v) is 11.6. The summed E-state index contributed by atoms with van der Waals surface area (Å²) in [6, 6.07) is -0.995. The minimum Gasteiger partial charge on any atom is -0.394 e. The Kier molecular flexibility index (Phi) is 46.5. The number of aliphatic hydroxyl groups is 11. The summed E-state index contributed by atoms with van der Waals surface area (Å²) in [6.07, 6.45) is 33.9. The highest BCUT2D eigenvalue weighted by Crippen LogP contribution is 2.33. The van der Waals surface area contributed by atoms with Crippen LogP contribution in [0.4, 0.5) is 0 Å². The van der Waals surface area contributed by atoms with Crippen LogP contribution in [0, 0.1) is 0 Å². The smallest absolute Gasteiger partial charge is 0.220 e. The molecule has 3 fully saturated rings. The lowest BCUT2D eigenvalue weighted by Gasteiger charge is -2.48. The van der Waals surface area contributed by atoms with E-state index in [-0.39, 0.29) is 18.9 Å². The molecular formula is C69H125NO18. The fourth-order valence-electron chi connectivity index (χ4n) is 11.6. The van der Waals surface area contributed by atoms with Gasteiger partial charge in [0.25, 0.3) is 0 Å². The van der Waals surface area contributed by atoms with E-state index < -0.39 is 124 Å². The molecule has 0 aromatic heterocycles. The van der Waals surface area contributed by atoms with E-state index in [1.807, 2.05) is 6.08 Å². The van der Waals surface area contributed by atoms with E-state index in [0.29, 0.717) is 12.8 Å². The zero-order valence-corrected chi connectivity index (χ0v) is 54.2. The van der Waals surface area contributed by atoms with E-state index in [1.165, 1.54) is 173 Å². The van der Waals surface area contributed by atoms with Gasteiger partial charge >= 0.3 is 0 Å². The van der Waals surface area contributed by atoms with Gasteiger partial charge in [0, 0.05) is 6.42 Å². The van der Waals surface area contributed by atoms with E-state index in [9.17, 15) is 61.0 Å². The van der Waals surface area contributed by atoms with Crippen molar-refractivity contribution < 1.29 is 89.4 Å². The molecule has 12 N–H and O–H groups in total. The molecule has 88 heavy (non-hydrogen) atoms. The molecule has 0 aliphatic carbocycles. The minimum absolute atomic E-state index is 0.233. The molecule has 514 valence electrons. The summed E-state index contributed by atoms with van der Waals surface area (Å²) < 4.78 is 34.3. The number of allylic oxidation sites excluding steroid dienone is 7. The predicted octanol–water partition coefficient (Wildman–Crippen LogP) is 9.00. The Hall–Kier alpha value is -2.25. The van der Waals surface area contributed by atoms with E-state index in [4.69, 9.17) is 28.4 Å². The summed E-state index contributed by atoms with van der Waals surface area (Å²) in [4.78, 5) is 13.4. The Balaban J connectivity index is 1.40. The number of unbranched alkanes of at least 4 members (excludes halogenated alkanes) is 31. The Morgan fingerprint density at radius 3 is 1.15 bits per heavy atom. The maximum atomic E-state index is 13.4. The number of carbonyl (C=O) groups is 1. The Labute approximate surface area is 529 Å². The van der Waals surface area contributed by atoms with Gasteiger partial charge in [-0.1, -0.05) is 223 Å². The van der Waals surface area contributed by atoms with Crippen molar-refractivity contribution in [3.05, 3.63) is 48.6 Å². The first-order valence-corrected chi connectivity index (χ1v) is 34.9. The molecule has 1 amide bonds. The molecule has 0 aromatic rings. The van der Waals surface area contributed by atoms with Crippen molar-refractivity contribution in [1.29, 1.82) is 0 Å². The second kappa shape index (κ2) is 51.2. The van der Waals surface area contributed by atoms with Crippen molar-refractivity contribution in [3.8, 4) is 0 Å². The monoisotopic (exact) mass is 1260 g/mol. The number of hydrogen-bond donors (Lipinski definition) is 12. The zero-order chi connectivity index (χ0) is 64.0. The molecular weight excluding hydrogens is 1130 g/mol. The molecule has 3 rings (SSSR count). The highest BCUT2D eigenvalue weighted by Gasteiger charge is 2.53. The maximum absolute atomic E-state index is 13.4. The summed E-state index contributed by atoms with van der Waals surface area (Å²) in [6.45, 7) is 1.69. The van der Waals surface area contributed by atoms with Crippen LogP contribution in [0.2, 0.25) is 0 Å². The summed E-state index contributed by atoms with van der Waals surface area (Å²) in [7, 11) is 0. The summed E-state index contributed by atoms with van der Waals surface area (Å²) in [5, 5.41) is 120. The lowest BCUT2D eigenvalue weighted by molar-refractivity contribution is -0.379. The van der Waals surface area contributed by atoms with Gasteiger partial charge in [-0.25, -0.2) is 0 Å². The second-order valence-corrected chi connectivity index (χ2v) is 25.0. The van der Waals surface area contributed by atoms with Crippen molar-refractivity contribution in [3.63, 3.8) is 0 Å². The number of aliphatic hydroxyl groups excluding tert-OH is 11. The molecule has 19 nitrogen and oxygen atoms in total. The van der Waals surface area contributed by atoms with Gasteiger partial charge in [-0.3, -0.25) is 4.79 Å². The second-order valence-electron chi connectivity index (χ2n) is 25.0. The zero-order valence-electron chi connectivity index (χ0n) is 54.2. The molecule has 17 unspecified atom stereocenters.